The summed E-state index contributed by atoms with van der Waals surface area (Å²) in [7, 11) is -2.71. The second-order valence-corrected chi connectivity index (χ2v) is 8.44. The van der Waals surface area contributed by atoms with E-state index in [9.17, 15) is 19.0 Å². The Balaban J connectivity index is 1.86. The number of rotatable bonds is 5. The number of aromatic amines is 1. The average Bonchev–Trinajstić information content (AvgIpc) is 2.99. The largest absolute Gasteiger partial charge is 0.363 e. The Morgan fingerprint density at radius 3 is 2.72 bits per heavy atom. The molecule has 1 aliphatic carbocycles. The molecule has 1 saturated heterocycles. The first-order valence-electron chi connectivity index (χ1n) is 7.78. The standard InChI is InChI=1S/C14H21N2O8P/c1-14(2)23-11-8(16-5-4-10(17)15-13(16)18)6-9(12(11)24-14)22-7-25(19,20)21-3/h4-5,8-9,11-12H,6-7H2,1-3H3,(H,19,20)(H,15,17,18)/t8-,9+,11?,12?/m1/s1. The molecule has 10 nitrogen and oxygen atoms in total. The van der Waals surface area contributed by atoms with Gasteiger partial charge in [0.25, 0.3) is 5.56 Å². The highest BCUT2D eigenvalue weighted by molar-refractivity contribution is 7.52. The van der Waals surface area contributed by atoms with Gasteiger partial charge in [-0.05, 0) is 20.3 Å². The van der Waals surface area contributed by atoms with Gasteiger partial charge in [-0.1, -0.05) is 0 Å². The van der Waals surface area contributed by atoms with Crippen LogP contribution in [0.5, 0.6) is 0 Å². The summed E-state index contributed by atoms with van der Waals surface area (Å²) in [5.74, 6) is -0.883. The number of nitrogens with zero attached hydrogens (tertiary/aromatic N) is 1. The minimum Gasteiger partial charge on any atom is -0.363 e. The molecule has 2 N–H and O–H groups in total. The molecule has 0 radical (unpaired) electrons. The lowest BCUT2D eigenvalue weighted by Crippen LogP contribution is -2.36. The molecule has 0 amide bonds. The van der Waals surface area contributed by atoms with Crippen molar-refractivity contribution < 1.29 is 28.2 Å². The van der Waals surface area contributed by atoms with E-state index in [0.29, 0.717) is 6.42 Å². The summed E-state index contributed by atoms with van der Waals surface area (Å²) in [6, 6.07) is 0.806. The third-order valence-electron chi connectivity index (χ3n) is 4.33. The zero-order chi connectivity index (χ0) is 18.4. The SMILES string of the molecule is COP(=O)(O)CO[C@H]1C[C@@H](n2ccc(=O)[nH]c2=O)C2OC(C)(C)OC21. The lowest BCUT2D eigenvalue weighted by molar-refractivity contribution is -0.169. The molecule has 0 bridgehead atoms. The molecule has 25 heavy (non-hydrogen) atoms. The van der Waals surface area contributed by atoms with Crippen molar-refractivity contribution in [1.82, 2.24) is 9.55 Å². The van der Waals surface area contributed by atoms with E-state index in [2.05, 4.69) is 9.51 Å². The summed E-state index contributed by atoms with van der Waals surface area (Å²) in [6.45, 7) is 3.47. The highest BCUT2D eigenvalue weighted by atomic mass is 31.2. The van der Waals surface area contributed by atoms with E-state index in [4.69, 9.17) is 14.2 Å². The van der Waals surface area contributed by atoms with E-state index >= 15 is 0 Å². The smallest absolute Gasteiger partial charge is 0.353 e. The van der Waals surface area contributed by atoms with E-state index in [1.165, 1.54) is 16.8 Å². The molecule has 3 rings (SSSR count). The molecule has 140 valence electrons. The minimum absolute atomic E-state index is 0.321. The predicted octanol–water partition coefficient (Wildman–Crippen LogP) is 0.176. The van der Waals surface area contributed by atoms with Crippen LogP contribution in [0.15, 0.2) is 21.9 Å². The number of hydrogen-bond acceptors (Lipinski definition) is 7. The first-order chi connectivity index (χ1) is 11.6. The fourth-order valence-electron chi connectivity index (χ4n) is 3.27. The van der Waals surface area contributed by atoms with Gasteiger partial charge >= 0.3 is 13.3 Å². The van der Waals surface area contributed by atoms with Gasteiger partial charge in [0.1, 0.15) is 18.6 Å². The summed E-state index contributed by atoms with van der Waals surface area (Å²) < 4.78 is 34.8. The lowest BCUT2D eigenvalue weighted by Gasteiger charge is -2.24. The zero-order valence-corrected chi connectivity index (χ0v) is 15.0. The molecule has 2 fully saturated rings. The van der Waals surface area contributed by atoms with Crippen LogP contribution in [-0.2, 0) is 23.3 Å². The molecule has 1 aromatic heterocycles. The van der Waals surface area contributed by atoms with Crippen molar-refractivity contribution in [3.05, 3.63) is 33.1 Å². The van der Waals surface area contributed by atoms with Crippen molar-refractivity contribution in [1.29, 1.82) is 0 Å². The van der Waals surface area contributed by atoms with Crippen molar-refractivity contribution in [2.75, 3.05) is 13.5 Å². The van der Waals surface area contributed by atoms with E-state index < -0.39 is 55.3 Å². The number of hydrogen-bond donors (Lipinski definition) is 2. The number of H-pyrrole nitrogens is 1. The second-order valence-electron chi connectivity index (χ2n) is 6.54. The Hall–Kier alpha value is -1.29. The van der Waals surface area contributed by atoms with Gasteiger partial charge in [0.05, 0.1) is 12.1 Å². The summed E-state index contributed by atoms with van der Waals surface area (Å²) in [5, 5.41) is 0. The number of aromatic nitrogens is 2. The minimum atomic E-state index is -3.84. The maximum Gasteiger partial charge on any atom is 0.353 e. The Bertz CT molecular complexity index is 803. The average molecular weight is 376 g/mol. The molecule has 0 spiro atoms. The Morgan fingerprint density at radius 1 is 1.40 bits per heavy atom. The maximum absolute atomic E-state index is 12.1. The molecule has 0 aromatic carbocycles. The number of fused-ring (bicyclic) bond motifs is 1. The Labute approximate surface area is 143 Å². The van der Waals surface area contributed by atoms with Gasteiger partial charge in [0.2, 0.25) is 0 Å². The van der Waals surface area contributed by atoms with Crippen LogP contribution in [-0.4, -0.2) is 52.0 Å². The summed E-state index contributed by atoms with van der Waals surface area (Å²) >= 11 is 0. The molecule has 5 atom stereocenters. The van der Waals surface area contributed by atoms with Crippen LogP contribution < -0.4 is 11.2 Å². The first kappa shape index (κ1) is 18.5. The van der Waals surface area contributed by atoms with Crippen LogP contribution in [0.25, 0.3) is 0 Å². The van der Waals surface area contributed by atoms with E-state index in [0.717, 1.165) is 7.11 Å². The molecule has 11 heteroatoms. The summed E-state index contributed by atoms with van der Waals surface area (Å²) in [6.07, 6.45) is -0.354. The van der Waals surface area contributed by atoms with Crippen molar-refractivity contribution >= 4 is 7.60 Å². The maximum atomic E-state index is 12.1. The molecular formula is C14H21N2O8P. The monoisotopic (exact) mass is 376 g/mol. The quantitative estimate of drug-likeness (QED) is 0.696. The third kappa shape index (κ3) is 3.79. The van der Waals surface area contributed by atoms with Gasteiger partial charge in [0, 0.05) is 19.4 Å². The van der Waals surface area contributed by atoms with Crippen LogP contribution >= 0.6 is 7.60 Å². The van der Waals surface area contributed by atoms with Gasteiger partial charge in [-0.25, -0.2) is 4.79 Å². The second kappa shape index (κ2) is 6.46. The van der Waals surface area contributed by atoms with Crippen molar-refractivity contribution in [2.45, 2.75) is 50.4 Å². The lowest BCUT2D eigenvalue weighted by atomic mass is 10.2. The number of nitrogens with one attached hydrogen (secondary N) is 1. The predicted molar refractivity (Wildman–Crippen MR) is 85.4 cm³/mol. The molecular weight excluding hydrogens is 355 g/mol. The van der Waals surface area contributed by atoms with Crippen LogP contribution in [0.4, 0.5) is 0 Å². The Kier molecular flexibility index (Phi) is 4.78. The fourth-order valence-corrected chi connectivity index (χ4v) is 3.76. The Morgan fingerprint density at radius 2 is 2.08 bits per heavy atom. The molecule has 3 unspecified atom stereocenters. The molecule has 2 aliphatic rings. The molecule has 2 heterocycles. The van der Waals surface area contributed by atoms with Crippen molar-refractivity contribution in [3.63, 3.8) is 0 Å². The zero-order valence-electron chi connectivity index (χ0n) is 14.1. The van der Waals surface area contributed by atoms with Gasteiger partial charge in [-0.3, -0.25) is 18.9 Å². The van der Waals surface area contributed by atoms with Gasteiger partial charge in [-0.2, -0.15) is 0 Å². The van der Waals surface area contributed by atoms with E-state index in [-0.39, 0.29) is 0 Å². The van der Waals surface area contributed by atoms with Crippen LogP contribution in [0.2, 0.25) is 0 Å². The van der Waals surface area contributed by atoms with Gasteiger partial charge in [-0.15, -0.1) is 0 Å². The summed E-state index contributed by atoms with van der Waals surface area (Å²) in [5.41, 5.74) is -1.05. The normalized spacial score (nSPS) is 33.1. The van der Waals surface area contributed by atoms with Crippen LogP contribution in [0.1, 0.15) is 26.3 Å². The van der Waals surface area contributed by atoms with Gasteiger partial charge < -0.3 is 23.6 Å². The summed E-state index contributed by atoms with van der Waals surface area (Å²) in [4.78, 5) is 35.1. The van der Waals surface area contributed by atoms with Crippen LogP contribution in [0.3, 0.4) is 0 Å². The first-order valence-corrected chi connectivity index (χ1v) is 9.54. The van der Waals surface area contributed by atoms with Crippen molar-refractivity contribution in [3.8, 4) is 0 Å². The third-order valence-corrected chi connectivity index (χ3v) is 5.37. The van der Waals surface area contributed by atoms with Gasteiger partial charge in [0.15, 0.2) is 5.79 Å². The van der Waals surface area contributed by atoms with E-state index in [1.807, 2.05) is 0 Å². The number of ether oxygens (including phenoxy) is 3. The highest BCUT2D eigenvalue weighted by Crippen LogP contribution is 2.47. The highest BCUT2D eigenvalue weighted by Gasteiger charge is 2.55. The fraction of sp³-hybridized carbons (Fsp3) is 0.714. The van der Waals surface area contributed by atoms with Crippen LogP contribution in [0, 0.1) is 0 Å². The molecule has 1 aromatic rings. The van der Waals surface area contributed by atoms with Crippen molar-refractivity contribution in [2.24, 2.45) is 0 Å². The molecule has 1 aliphatic heterocycles. The molecule has 1 saturated carbocycles. The topological polar surface area (TPSA) is 129 Å². The van der Waals surface area contributed by atoms with E-state index in [1.54, 1.807) is 13.8 Å².